The second kappa shape index (κ2) is 5.53. The summed E-state index contributed by atoms with van der Waals surface area (Å²) >= 11 is 0. The Morgan fingerprint density at radius 3 is 2.60 bits per heavy atom. The molecule has 1 fully saturated rings. The van der Waals surface area contributed by atoms with Crippen molar-refractivity contribution >= 4 is 5.97 Å². The van der Waals surface area contributed by atoms with Gasteiger partial charge in [-0.15, -0.1) is 0 Å². The van der Waals surface area contributed by atoms with Gasteiger partial charge in [0.15, 0.2) is 0 Å². The topological polar surface area (TPSA) is 26.3 Å². The van der Waals surface area contributed by atoms with Gasteiger partial charge in [0.05, 0.1) is 0 Å². The molecular formula is C13H24O2. The molecule has 1 aliphatic rings. The molecular weight excluding hydrogens is 188 g/mol. The summed E-state index contributed by atoms with van der Waals surface area (Å²) in [4.78, 5) is 11.5. The van der Waals surface area contributed by atoms with Gasteiger partial charge >= 0.3 is 5.97 Å². The van der Waals surface area contributed by atoms with Crippen LogP contribution >= 0.6 is 0 Å². The monoisotopic (exact) mass is 212 g/mol. The van der Waals surface area contributed by atoms with Crippen molar-refractivity contribution < 1.29 is 9.53 Å². The summed E-state index contributed by atoms with van der Waals surface area (Å²) in [6.07, 6.45) is 4.03. The highest BCUT2D eigenvalue weighted by Gasteiger charge is 2.37. The molecule has 15 heavy (non-hydrogen) atoms. The van der Waals surface area contributed by atoms with Crippen molar-refractivity contribution in [3.05, 3.63) is 0 Å². The lowest BCUT2D eigenvalue weighted by molar-refractivity contribution is -0.153. The molecule has 3 unspecified atom stereocenters. The zero-order valence-corrected chi connectivity index (χ0v) is 10.5. The zero-order chi connectivity index (χ0) is 11.4. The van der Waals surface area contributed by atoms with Crippen LogP contribution < -0.4 is 0 Å². The molecule has 0 amide bonds. The van der Waals surface area contributed by atoms with Crippen LogP contribution in [0.2, 0.25) is 0 Å². The molecule has 2 heteroatoms. The predicted molar refractivity (Wildman–Crippen MR) is 61.5 cm³/mol. The summed E-state index contributed by atoms with van der Waals surface area (Å²) in [6, 6.07) is 0. The molecule has 1 saturated carbocycles. The van der Waals surface area contributed by atoms with E-state index >= 15 is 0 Å². The number of ether oxygens (including phenoxy) is 1. The van der Waals surface area contributed by atoms with Crippen LogP contribution in [0.25, 0.3) is 0 Å². The van der Waals surface area contributed by atoms with Gasteiger partial charge in [0.25, 0.3) is 0 Å². The van der Waals surface area contributed by atoms with Crippen molar-refractivity contribution in [3.8, 4) is 0 Å². The molecule has 3 atom stereocenters. The number of esters is 1. The normalized spacial score (nSPS) is 30.9. The Morgan fingerprint density at radius 2 is 2.07 bits per heavy atom. The minimum atomic E-state index is -0.0121. The van der Waals surface area contributed by atoms with Gasteiger partial charge in [-0.2, -0.15) is 0 Å². The quantitative estimate of drug-likeness (QED) is 0.668. The standard InChI is InChI=1S/C13H24O2/c1-5-6-12(14)15-13-10(4)7-8-11(13)9(2)3/h9-11,13H,5-8H2,1-4H3. The van der Waals surface area contributed by atoms with Gasteiger partial charge in [-0.25, -0.2) is 0 Å². The summed E-state index contributed by atoms with van der Waals surface area (Å²) in [5, 5.41) is 0. The van der Waals surface area contributed by atoms with E-state index in [1.54, 1.807) is 0 Å². The minimum absolute atomic E-state index is 0.0121. The highest BCUT2D eigenvalue weighted by Crippen LogP contribution is 2.38. The molecule has 1 aliphatic carbocycles. The van der Waals surface area contributed by atoms with E-state index in [0.717, 1.165) is 6.42 Å². The summed E-state index contributed by atoms with van der Waals surface area (Å²) in [5.41, 5.74) is 0. The molecule has 0 aromatic rings. The van der Waals surface area contributed by atoms with E-state index in [2.05, 4.69) is 20.8 Å². The van der Waals surface area contributed by atoms with E-state index in [-0.39, 0.29) is 12.1 Å². The van der Waals surface area contributed by atoms with Crippen LogP contribution in [0.3, 0.4) is 0 Å². The van der Waals surface area contributed by atoms with Crippen molar-refractivity contribution in [2.45, 2.75) is 59.5 Å². The highest BCUT2D eigenvalue weighted by atomic mass is 16.5. The van der Waals surface area contributed by atoms with Gasteiger partial charge in [-0.3, -0.25) is 4.79 Å². The fraction of sp³-hybridized carbons (Fsp3) is 0.923. The van der Waals surface area contributed by atoms with E-state index in [1.165, 1.54) is 12.8 Å². The van der Waals surface area contributed by atoms with Crippen LogP contribution in [0.4, 0.5) is 0 Å². The lowest BCUT2D eigenvalue weighted by Gasteiger charge is -2.25. The molecule has 0 saturated heterocycles. The van der Waals surface area contributed by atoms with Crippen LogP contribution in [0, 0.1) is 17.8 Å². The van der Waals surface area contributed by atoms with Crippen LogP contribution in [0.1, 0.15) is 53.4 Å². The first-order chi connectivity index (χ1) is 7.06. The highest BCUT2D eigenvalue weighted by molar-refractivity contribution is 5.69. The maximum absolute atomic E-state index is 11.5. The average molecular weight is 212 g/mol. The van der Waals surface area contributed by atoms with E-state index < -0.39 is 0 Å². The molecule has 0 spiro atoms. The summed E-state index contributed by atoms with van der Waals surface area (Å²) in [7, 11) is 0. The Morgan fingerprint density at radius 1 is 1.40 bits per heavy atom. The Hall–Kier alpha value is -0.530. The number of carbonyl (C=O) groups excluding carboxylic acids is 1. The Bertz CT molecular complexity index is 211. The molecule has 2 nitrogen and oxygen atoms in total. The first-order valence-corrected chi connectivity index (χ1v) is 6.25. The molecule has 0 aliphatic heterocycles. The maximum atomic E-state index is 11.5. The molecule has 0 bridgehead atoms. The first-order valence-electron chi connectivity index (χ1n) is 6.25. The predicted octanol–water partition coefficient (Wildman–Crippen LogP) is 3.40. The van der Waals surface area contributed by atoms with Gasteiger partial charge in [0.2, 0.25) is 0 Å². The third-order valence-electron chi connectivity index (χ3n) is 3.52. The molecule has 88 valence electrons. The Balaban J connectivity index is 2.52. The molecule has 0 heterocycles. The molecule has 0 aromatic heterocycles. The van der Waals surface area contributed by atoms with Crippen LogP contribution in [-0.2, 0) is 9.53 Å². The minimum Gasteiger partial charge on any atom is -0.462 e. The fourth-order valence-corrected chi connectivity index (χ4v) is 2.54. The van der Waals surface area contributed by atoms with Gasteiger partial charge < -0.3 is 4.74 Å². The van der Waals surface area contributed by atoms with E-state index in [1.807, 2.05) is 6.92 Å². The summed E-state index contributed by atoms with van der Waals surface area (Å²) in [5.74, 6) is 1.72. The lowest BCUT2D eigenvalue weighted by atomic mass is 9.91. The number of rotatable bonds is 4. The molecule has 0 N–H and O–H groups in total. The molecule has 0 aromatic carbocycles. The van der Waals surface area contributed by atoms with E-state index in [0.29, 0.717) is 24.2 Å². The number of hydrogen-bond donors (Lipinski definition) is 0. The smallest absolute Gasteiger partial charge is 0.306 e. The van der Waals surface area contributed by atoms with Gasteiger partial charge in [-0.1, -0.05) is 27.7 Å². The first kappa shape index (κ1) is 12.5. The number of hydrogen-bond acceptors (Lipinski definition) is 2. The van der Waals surface area contributed by atoms with E-state index in [4.69, 9.17) is 4.74 Å². The zero-order valence-electron chi connectivity index (χ0n) is 10.5. The van der Waals surface area contributed by atoms with Crippen molar-refractivity contribution in [3.63, 3.8) is 0 Å². The Labute approximate surface area is 93.4 Å². The second-order valence-corrected chi connectivity index (χ2v) is 5.17. The third kappa shape index (κ3) is 3.22. The number of carbonyl (C=O) groups is 1. The maximum Gasteiger partial charge on any atom is 0.306 e. The van der Waals surface area contributed by atoms with Crippen molar-refractivity contribution in [1.29, 1.82) is 0 Å². The van der Waals surface area contributed by atoms with Crippen LogP contribution in [0.15, 0.2) is 0 Å². The largest absolute Gasteiger partial charge is 0.462 e. The van der Waals surface area contributed by atoms with Crippen molar-refractivity contribution in [1.82, 2.24) is 0 Å². The second-order valence-electron chi connectivity index (χ2n) is 5.17. The Kier molecular flexibility index (Phi) is 4.62. The average Bonchev–Trinajstić information content (AvgIpc) is 2.48. The molecule has 0 radical (unpaired) electrons. The van der Waals surface area contributed by atoms with Crippen LogP contribution in [-0.4, -0.2) is 12.1 Å². The lowest BCUT2D eigenvalue weighted by Crippen LogP contribution is -2.29. The molecule has 1 rings (SSSR count). The van der Waals surface area contributed by atoms with Gasteiger partial charge in [-0.05, 0) is 37.0 Å². The van der Waals surface area contributed by atoms with Crippen molar-refractivity contribution in [2.24, 2.45) is 17.8 Å². The fourth-order valence-electron chi connectivity index (χ4n) is 2.54. The SMILES string of the molecule is CCCC(=O)OC1C(C)CCC1C(C)C. The van der Waals surface area contributed by atoms with Crippen molar-refractivity contribution in [2.75, 3.05) is 0 Å². The van der Waals surface area contributed by atoms with Gasteiger partial charge in [0, 0.05) is 6.42 Å². The third-order valence-corrected chi connectivity index (χ3v) is 3.52. The van der Waals surface area contributed by atoms with E-state index in [9.17, 15) is 4.79 Å². The summed E-state index contributed by atoms with van der Waals surface area (Å²) < 4.78 is 5.60. The van der Waals surface area contributed by atoms with Crippen LogP contribution in [0.5, 0.6) is 0 Å². The summed E-state index contributed by atoms with van der Waals surface area (Å²) in [6.45, 7) is 8.66. The van der Waals surface area contributed by atoms with Gasteiger partial charge in [0.1, 0.15) is 6.10 Å².